The van der Waals surface area contributed by atoms with Crippen LogP contribution in [0.4, 0.5) is 11.4 Å². The summed E-state index contributed by atoms with van der Waals surface area (Å²) in [5.74, 6) is 0.324. The summed E-state index contributed by atoms with van der Waals surface area (Å²) in [6, 6.07) is 3.50. The highest BCUT2D eigenvalue weighted by Crippen LogP contribution is 2.28. The number of nitro benzene ring substituents is 1. The molecule has 0 saturated carbocycles. The molecule has 104 valence electrons. The lowest BCUT2D eigenvalue weighted by molar-refractivity contribution is -0.383. The molecule has 1 aromatic carbocycles. The lowest BCUT2D eigenvalue weighted by Crippen LogP contribution is -2.28. The number of rotatable bonds is 3. The molecule has 1 fully saturated rings. The van der Waals surface area contributed by atoms with E-state index in [0.29, 0.717) is 19.0 Å². The van der Waals surface area contributed by atoms with Crippen molar-refractivity contribution in [3.63, 3.8) is 0 Å². The first-order valence-electron chi connectivity index (χ1n) is 5.86. The molecule has 1 aromatic rings. The molecule has 0 amide bonds. The molecule has 19 heavy (non-hydrogen) atoms. The Labute approximate surface area is 111 Å². The van der Waals surface area contributed by atoms with Crippen LogP contribution in [0.5, 0.6) is 0 Å². The second-order valence-electron chi connectivity index (χ2n) is 4.73. The molecule has 0 aliphatic carbocycles. The molecular formula is C11H15N3O4S. The van der Waals surface area contributed by atoms with Crippen molar-refractivity contribution in [3.8, 4) is 0 Å². The highest BCUT2D eigenvalue weighted by atomic mass is 32.2. The van der Waals surface area contributed by atoms with Crippen LogP contribution in [0.2, 0.25) is 0 Å². The van der Waals surface area contributed by atoms with Crippen molar-refractivity contribution in [2.24, 2.45) is 5.92 Å². The maximum absolute atomic E-state index is 12.3. The van der Waals surface area contributed by atoms with Crippen molar-refractivity contribution in [1.82, 2.24) is 4.31 Å². The van der Waals surface area contributed by atoms with Gasteiger partial charge in [-0.2, -0.15) is 4.31 Å². The molecule has 8 heteroatoms. The molecule has 2 N–H and O–H groups in total. The number of anilines is 1. The monoisotopic (exact) mass is 285 g/mol. The van der Waals surface area contributed by atoms with Gasteiger partial charge in [-0.1, -0.05) is 6.92 Å². The minimum Gasteiger partial charge on any atom is -0.393 e. The van der Waals surface area contributed by atoms with Gasteiger partial charge in [-0.15, -0.1) is 0 Å². The molecule has 0 aromatic heterocycles. The second kappa shape index (κ2) is 4.78. The molecule has 7 nitrogen and oxygen atoms in total. The minimum atomic E-state index is -3.61. The summed E-state index contributed by atoms with van der Waals surface area (Å²) in [5.41, 5.74) is 5.10. The van der Waals surface area contributed by atoms with Gasteiger partial charge in [-0.25, -0.2) is 8.42 Å². The third kappa shape index (κ3) is 2.54. The summed E-state index contributed by atoms with van der Waals surface area (Å²) in [6.07, 6.45) is 0.821. The van der Waals surface area contributed by atoms with E-state index in [1.54, 1.807) is 0 Å². The second-order valence-corrected chi connectivity index (χ2v) is 6.67. The fourth-order valence-corrected chi connectivity index (χ4v) is 3.73. The molecule has 0 bridgehead atoms. The Hall–Kier alpha value is -1.67. The van der Waals surface area contributed by atoms with Crippen molar-refractivity contribution < 1.29 is 13.3 Å². The van der Waals surface area contributed by atoms with Gasteiger partial charge in [0.15, 0.2) is 0 Å². The Morgan fingerprint density at radius 1 is 1.47 bits per heavy atom. The van der Waals surface area contributed by atoms with E-state index in [1.165, 1.54) is 10.4 Å². The predicted molar refractivity (Wildman–Crippen MR) is 70.0 cm³/mol. The lowest BCUT2D eigenvalue weighted by atomic mass is 10.2. The van der Waals surface area contributed by atoms with Gasteiger partial charge in [-0.05, 0) is 24.5 Å². The molecule has 1 aliphatic rings. The predicted octanol–water partition coefficient (Wildman–Crippen LogP) is 1.21. The summed E-state index contributed by atoms with van der Waals surface area (Å²) >= 11 is 0. The zero-order chi connectivity index (χ0) is 14.2. The Kier molecular flexibility index (Phi) is 3.46. The molecule has 0 spiro atoms. The molecular weight excluding hydrogens is 270 g/mol. The Balaban J connectivity index is 2.36. The minimum absolute atomic E-state index is 0.00435. The number of nitrogens with two attached hydrogens (primary N) is 1. The van der Waals surface area contributed by atoms with Crippen LogP contribution in [0.15, 0.2) is 23.1 Å². The van der Waals surface area contributed by atoms with Gasteiger partial charge in [0.25, 0.3) is 5.69 Å². The van der Waals surface area contributed by atoms with Crippen LogP contribution in [0.1, 0.15) is 13.3 Å². The highest BCUT2D eigenvalue weighted by Gasteiger charge is 2.31. The van der Waals surface area contributed by atoms with Crippen LogP contribution < -0.4 is 5.73 Å². The number of sulfonamides is 1. The van der Waals surface area contributed by atoms with E-state index in [1.807, 2.05) is 6.92 Å². The van der Waals surface area contributed by atoms with E-state index >= 15 is 0 Å². The molecule has 2 rings (SSSR count). The number of nitrogens with zero attached hydrogens (tertiary/aromatic N) is 2. The van der Waals surface area contributed by atoms with E-state index in [4.69, 9.17) is 5.73 Å². The number of nitro groups is 1. The zero-order valence-corrected chi connectivity index (χ0v) is 11.3. The molecule has 1 saturated heterocycles. The molecule has 1 unspecified atom stereocenters. The van der Waals surface area contributed by atoms with Gasteiger partial charge < -0.3 is 5.73 Å². The Morgan fingerprint density at radius 2 is 2.16 bits per heavy atom. The quantitative estimate of drug-likeness (QED) is 0.510. The van der Waals surface area contributed by atoms with Crippen LogP contribution in [0.3, 0.4) is 0 Å². The van der Waals surface area contributed by atoms with Crippen LogP contribution in [0, 0.1) is 16.0 Å². The summed E-state index contributed by atoms with van der Waals surface area (Å²) < 4.78 is 26.0. The van der Waals surface area contributed by atoms with Crippen LogP contribution in [0.25, 0.3) is 0 Å². The fraction of sp³-hybridized carbons (Fsp3) is 0.455. The highest BCUT2D eigenvalue weighted by molar-refractivity contribution is 7.89. The van der Waals surface area contributed by atoms with E-state index in [9.17, 15) is 18.5 Å². The number of benzene rings is 1. The summed E-state index contributed by atoms with van der Waals surface area (Å²) in [6.45, 7) is 2.93. The third-order valence-corrected chi connectivity index (χ3v) is 5.08. The molecule has 1 heterocycles. The zero-order valence-electron chi connectivity index (χ0n) is 10.4. The number of hydrogen-bond acceptors (Lipinski definition) is 5. The molecule has 1 atom stereocenters. The maximum atomic E-state index is 12.3. The number of nitrogen functional groups attached to an aromatic ring is 1. The first-order chi connectivity index (χ1) is 8.82. The largest absolute Gasteiger partial charge is 0.393 e. The van der Waals surface area contributed by atoms with Gasteiger partial charge in [0, 0.05) is 19.2 Å². The lowest BCUT2D eigenvalue weighted by Gasteiger charge is -2.16. The van der Waals surface area contributed by atoms with Crippen molar-refractivity contribution in [3.05, 3.63) is 28.3 Å². The van der Waals surface area contributed by atoms with Gasteiger partial charge >= 0.3 is 0 Å². The smallest absolute Gasteiger partial charge is 0.292 e. The SMILES string of the molecule is CC1CCN(S(=O)(=O)c2ccc([N+](=O)[O-])c(N)c2)C1. The van der Waals surface area contributed by atoms with Crippen LogP contribution >= 0.6 is 0 Å². The first-order valence-corrected chi connectivity index (χ1v) is 7.30. The van der Waals surface area contributed by atoms with E-state index in [0.717, 1.165) is 18.6 Å². The Morgan fingerprint density at radius 3 is 2.63 bits per heavy atom. The average molecular weight is 285 g/mol. The van der Waals surface area contributed by atoms with Crippen molar-refractivity contribution >= 4 is 21.4 Å². The summed E-state index contributed by atoms with van der Waals surface area (Å²) in [5, 5.41) is 10.6. The van der Waals surface area contributed by atoms with Gasteiger partial charge in [-0.3, -0.25) is 10.1 Å². The van der Waals surface area contributed by atoms with Crippen molar-refractivity contribution in [1.29, 1.82) is 0 Å². The fourth-order valence-electron chi connectivity index (χ4n) is 2.12. The standard InChI is InChI=1S/C11H15N3O4S/c1-8-4-5-13(7-8)19(17,18)9-2-3-11(14(15)16)10(12)6-9/h2-3,6,8H,4-5,7,12H2,1H3. The van der Waals surface area contributed by atoms with E-state index < -0.39 is 14.9 Å². The third-order valence-electron chi connectivity index (χ3n) is 3.22. The van der Waals surface area contributed by atoms with Gasteiger partial charge in [0.1, 0.15) is 5.69 Å². The Bertz CT molecular complexity index is 614. The average Bonchev–Trinajstić information content (AvgIpc) is 2.76. The van der Waals surface area contributed by atoms with Crippen LogP contribution in [-0.2, 0) is 10.0 Å². The summed E-state index contributed by atoms with van der Waals surface area (Å²) in [4.78, 5) is 10.0. The van der Waals surface area contributed by atoms with E-state index in [2.05, 4.69) is 0 Å². The van der Waals surface area contributed by atoms with Crippen LogP contribution in [-0.4, -0.2) is 30.7 Å². The molecule has 0 radical (unpaired) electrons. The van der Waals surface area contributed by atoms with Crippen molar-refractivity contribution in [2.75, 3.05) is 18.8 Å². The number of hydrogen-bond donors (Lipinski definition) is 1. The first kappa shape index (κ1) is 13.8. The maximum Gasteiger partial charge on any atom is 0.292 e. The van der Waals surface area contributed by atoms with E-state index in [-0.39, 0.29) is 16.3 Å². The van der Waals surface area contributed by atoms with Gasteiger partial charge in [0.05, 0.1) is 9.82 Å². The van der Waals surface area contributed by atoms with Gasteiger partial charge in [0.2, 0.25) is 10.0 Å². The topological polar surface area (TPSA) is 107 Å². The summed E-state index contributed by atoms with van der Waals surface area (Å²) in [7, 11) is -3.61. The molecule has 1 aliphatic heterocycles. The normalized spacial score (nSPS) is 20.6. The van der Waals surface area contributed by atoms with Crippen molar-refractivity contribution in [2.45, 2.75) is 18.2 Å².